The molecule has 1 aliphatic rings. The van der Waals surface area contributed by atoms with Gasteiger partial charge in [0.2, 0.25) is 12.0 Å². The Morgan fingerprint density at radius 1 is 1.27 bits per heavy atom. The third-order valence-corrected chi connectivity index (χ3v) is 4.49. The quantitative estimate of drug-likeness (QED) is 0.824. The molecule has 9 heteroatoms. The van der Waals surface area contributed by atoms with Crippen molar-refractivity contribution in [2.24, 2.45) is 5.92 Å². The van der Waals surface area contributed by atoms with Gasteiger partial charge in [0.05, 0.1) is 5.69 Å². The number of carbonyl (C=O) groups excluding carboxylic acids is 2. The standard InChI is InChI=1S/C17H20F4N2O3/c1-10-3-4-13(12(18)9-10)22(2)15(25)11-5-7-23(8-6-11)16(26)14(24)17(19,20)21/h3-4,9,11,14,24H,5-8H2,1-2H3/t14-/m1/s1. The lowest BCUT2D eigenvalue weighted by Crippen LogP contribution is -2.50. The highest BCUT2D eigenvalue weighted by Crippen LogP contribution is 2.27. The van der Waals surface area contributed by atoms with Crippen molar-refractivity contribution in [1.82, 2.24) is 4.90 Å². The first kappa shape index (κ1) is 20.2. The number of hydrogen-bond acceptors (Lipinski definition) is 3. The third kappa shape index (κ3) is 4.32. The summed E-state index contributed by atoms with van der Waals surface area (Å²) in [5, 5.41) is 9.04. The van der Waals surface area contributed by atoms with Gasteiger partial charge in [-0.1, -0.05) is 6.07 Å². The van der Waals surface area contributed by atoms with Gasteiger partial charge in [0.1, 0.15) is 5.82 Å². The summed E-state index contributed by atoms with van der Waals surface area (Å²) in [4.78, 5) is 26.3. The van der Waals surface area contributed by atoms with Crippen molar-refractivity contribution < 1.29 is 32.3 Å². The zero-order chi connectivity index (χ0) is 19.6. The Kier molecular flexibility index (Phi) is 5.90. The Hall–Kier alpha value is -2.16. The fourth-order valence-corrected chi connectivity index (χ4v) is 2.94. The second kappa shape index (κ2) is 7.61. The van der Waals surface area contributed by atoms with Crippen molar-refractivity contribution in [3.05, 3.63) is 29.6 Å². The number of carbonyl (C=O) groups is 2. The van der Waals surface area contributed by atoms with Crippen LogP contribution in [0.25, 0.3) is 0 Å². The molecule has 0 saturated carbocycles. The monoisotopic (exact) mass is 376 g/mol. The van der Waals surface area contributed by atoms with E-state index >= 15 is 0 Å². The molecule has 2 rings (SSSR count). The summed E-state index contributed by atoms with van der Waals surface area (Å²) in [6.45, 7) is 1.57. The maximum Gasteiger partial charge on any atom is 0.423 e. The Bertz CT molecular complexity index is 685. The van der Waals surface area contributed by atoms with Crippen molar-refractivity contribution in [1.29, 1.82) is 0 Å². The number of benzene rings is 1. The molecule has 0 aromatic heterocycles. The van der Waals surface area contributed by atoms with Gasteiger partial charge in [-0.25, -0.2) is 4.39 Å². The van der Waals surface area contributed by atoms with Gasteiger partial charge in [-0.15, -0.1) is 0 Å². The van der Waals surface area contributed by atoms with Crippen LogP contribution in [0.5, 0.6) is 0 Å². The minimum atomic E-state index is -5.02. The van der Waals surface area contributed by atoms with E-state index in [4.69, 9.17) is 5.11 Å². The molecule has 144 valence electrons. The number of alkyl halides is 3. The molecule has 1 fully saturated rings. The largest absolute Gasteiger partial charge is 0.423 e. The lowest BCUT2D eigenvalue weighted by molar-refractivity contribution is -0.211. The van der Waals surface area contributed by atoms with Crippen molar-refractivity contribution in [3.63, 3.8) is 0 Å². The molecule has 0 unspecified atom stereocenters. The van der Waals surface area contributed by atoms with Crippen LogP contribution in [0.15, 0.2) is 18.2 Å². The van der Waals surface area contributed by atoms with Crippen molar-refractivity contribution in [3.8, 4) is 0 Å². The summed E-state index contributed by atoms with van der Waals surface area (Å²) in [5.74, 6) is -2.85. The van der Waals surface area contributed by atoms with Crippen molar-refractivity contribution >= 4 is 17.5 Å². The van der Waals surface area contributed by atoms with E-state index < -0.39 is 29.9 Å². The van der Waals surface area contributed by atoms with Crippen LogP contribution in [-0.2, 0) is 9.59 Å². The van der Waals surface area contributed by atoms with Gasteiger partial charge in [0, 0.05) is 26.1 Å². The molecule has 1 aromatic rings. The Balaban J connectivity index is 1.99. The molecule has 1 aromatic carbocycles. The van der Waals surface area contributed by atoms with Crippen LogP contribution in [-0.4, -0.2) is 54.2 Å². The van der Waals surface area contributed by atoms with Gasteiger partial charge in [-0.05, 0) is 37.5 Å². The van der Waals surface area contributed by atoms with Gasteiger partial charge in [-0.2, -0.15) is 13.2 Å². The first-order chi connectivity index (χ1) is 12.0. The normalized spacial score (nSPS) is 17.1. The maximum absolute atomic E-state index is 14.0. The Morgan fingerprint density at radius 3 is 2.35 bits per heavy atom. The number of amides is 2. The Labute approximate surface area is 148 Å². The summed E-state index contributed by atoms with van der Waals surface area (Å²) >= 11 is 0. The highest BCUT2D eigenvalue weighted by atomic mass is 19.4. The van der Waals surface area contributed by atoms with Gasteiger partial charge in [0.25, 0.3) is 5.91 Å². The number of aliphatic hydroxyl groups is 1. The minimum absolute atomic E-state index is 0.0768. The number of piperidine rings is 1. The predicted molar refractivity (Wildman–Crippen MR) is 85.9 cm³/mol. The van der Waals surface area contributed by atoms with Crippen LogP contribution in [0.2, 0.25) is 0 Å². The molecular weight excluding hydrogens is 356 g/mol. The van der Waals surface area contributed by atoms with Crippen molar-refractivity contribution in [2.75, 3.05) is 25.0 Å². The fourth-order valence-electron chi connectivity index (χ4n) is 2.94. The fraction of sp³-hybridized carbons (Fsp3) is 0.529. The molecule has 2 amide bonds. The minimum Gasteiger partial charge on any atom is -0.376 e. The molecule has 1 saturated heterocycles. The van der Waals surface area contributed by atoms with E-state index in [1.807, 2.05) is 0 Å². The molecular formula is C17H20F4N2O3. The number of likely N-dealkylation sites (tertiary alicyclic amines) is 1. The molecule has 0 aliphatic carbocycles. The van der Waals surface area contributed by atoms with Crippen LogP contribution >= 0.6 is 0 Å². The number of anilines is 1. The van der Waals surface area contributed by atoms with E-state index in [9.17, 15) is 27.2 Å². The molecule has 1 atom stereocenters. The summed E-state index contributed by atoms with van der Waals surface area (Å²) in [6, 6.07) is 4.46. The first-order valence-corrected chi connectivity index (χ1v) is 8.09. The van der Waals surface area contributed by atoms with Gasteiger partial charge in [-0.3, -0.25) is 9.59 Å². The third-order valence-electron chi connectivity index (χ3n) is 4.49. The average Bonchev–Trinajstić information content (AvgIpc) is 2.58. The molecule has 26 heavy (non-hydrogen) atoms. The second-order valence-corrected chi connectivity index (χ2v) is 6.40. The zero-order valence-electron chi connectivity index (χ0n) is 14.4. The number of aliphatic hydroxyl groups excluding tert-OH is 1. The highest BCUT2D eigenvalue weighted by Gasteiger charge is 2.46. The van der Waals surface area contributed by atoms with Crippen LogP contribution in [0.4, 0.5) is 23.2 Å². The highest BCUT2D eigenvalue weighted by molar-refractivity contribution is 5.95. The molecule has 1 heterocycles. The van der Waals surface area contributed by atoms with Gasteiger partial charge in [0.15, 0.2) is 0 Å². The SMILES string of the molecule is Cc1ccc(N(C)C(=O)C2CCN(C(=O)[C@@H](O)C(F)(F)F)CC2)c(F)c1. The van der Waals surface area contributed by atoms with E-state index in [0.29, 0.717) is 5.56 Å². The lowest BCUT2D eigenvalue weighted by atomic mass is 9.94. The van der Waals surface area contributed by atoms with Crippen LogP contribution < -0.4 is 4.90 Å². The maximum atomic E-state index is 14.0. The topological polar surface area (TPSA) is 60.9 Å². The number of nitrogens with zero attached hydrogens (tertiary/aromatic N) is 2. The molecule has 0 radical (unpaired) electrons. The molecule has 0 bridgehead atoms. The zero-order valence-corrected chi connectivity index (χ0v) is 14.4. The summed E-state index contributed by atoms with van der Waals surface area (Å²) in [7, 11) is 1.43. The molecule has 1 aliphatic heterocycles. The van der Waals surface area contributed by atoms with Crippen LogP contribution in [0.1, 0.15) is 18.4 Å². The van der Waals surface area contributed by atoms with E-state index in [0.717, 1.165) is 4.90 Å². The Morgan fingerprint density at radius 2 is 1.85 bits per heavy atom. The summed E-state index contributed by atoms with van der Waals surface area (Å²) in [5.41, 5.74) is 0.828. The van der Waals surface area contributed by atoms with E-state index in [-0.39, 0.29) is 37.5 Å². The van der Waals surface area contributed by atoms with Crippen LogP contribution in [0.3, 0.4) is 0 Å². The molecule has 0 spiro atoms. The summed E-state index contributed by atoms with van der Waals surface area (Å²) in [6.07, 6.45) is -7.79. The first-order valence-electron chi connectivity index (χ1n) is 8.09. The number of aryl methyl sites for hydroxylation is 1. The average molecular weight is 376 g/mol. The lowest BCUT2D eigenvalue weighted by Gasteiger charge is -2.34. The molecule has 1 N–H and O–H groups in total. The van der Waals surface area contributed by atoms with E-state index in [2.05, 4.69) is 0 Å². The van der Waals surface area contributed by atoms with Gasteiger partial charge >= 0.3 is 6.18 Å². The number of rotatable bonds is 3. The van der Waals surface area contributed by atoms with Crippen molar-refractivity contribution in [2.45, 2.75) is 32.0 Å². The predicted octanol–water partition coefficient (Wildman–Crippen LogP) is 2.26. The smallest absolute Gasteiger partial charge is 0.376 e. The summed E-state index contributed by atoms with van der Waals surface area (Å²) < 4.78 is 51.3. The second-order valence-electron chi connectivity index (χ2n) is 6.40. The van der Waals surface area contributed by atoms with E-state index in [1.54, 1.807) is 13.0 Å². The van der Waals surface area contributed by atoms with Gasteiger partial charge < -0.3 is 14.9 Å². The van der Waals surface area contributed by atoms with E-state index in [1.165, 1.54) is 24.1 Å². The number of hydrogen-bond donors (Lipinski definition) is 1. The molecule has 5 nitrogen and oxygen atoms in total. The number of halogens is 4. The van der Waals surface area contributed by atoms with Crippen LogP contribution in [0, 0.1) is 18.7 Å².